The Kier molecular flexibility index (Phi) is 2.03. The number of aliphatic hydroxyl groups excluding tert-OH is 1. The number of hydrogen-bond acceptors (Lipinski definition) is 3. The highest BCUT2D eigenvalue weighted by Gasteiger charge is 2.69. The third-order valence-electron chi connectivity index (χ3n) is 5.88. The summed E-state index contributed by atoms with van der Waals surface area (Å²) in [7, 11) is 3.50. The van der Waals surface area contributed by atoms with Gasteiger partial charge in [-0.3, -0.25) is 9.59 Å². The van der Waals surface area contributed by atoms with Crippen LogP contribution in [-0.4, -0.2) is 58.5 Å². The first-order valence-electron chi connectivity index (χ1n) is 7.07. The summed E-state index contributed by atoms with van der Waals surface area (Å²) in [5.74, 6) is -0.338. The van der Waals surface area contributed by atoms with Gasteiger partial charge in [-0.2, -0.15) is 0 Å². The first-order chi connectivity index (χ1) is 9.45. The van der Waals surface area contributed by atoms with Gasteiger partial charge in [0.2, 0.25) is 11.8 Å². The normalized spacial score (nSPS) is 48.9. The van der Waals surface area contributed by atoms with Crippen molar-refractivity contribution in [3.05, 3.63) is 24.3 Å². The van der Waals surface area contributed by atoms with Gasteiger partial charge in [0.15, 0.2) is 0 Å². The van der Waals surface area contributed by atoms with Crippen molar-refractivity contribution in [1.82, 2.24) is 9.80 Å². The number of likely N-dealkylation sites (N-methyl/N-ethyl adjacent to an activating group) is 2. The van der Waals surface area contributed by atoms with Crippen LogP contribution < -0.4 is 0 Å². The zero-order valence-corrected chi connectivity index (χ0v) is 11.6. The number of carbonyl (C=O) groups is 2. The molecule has 2 fully saturated rings. The van der Waals surface area contributed by atoms with Crippen molar-refractivity contribution in [2.75, 3.05) is 14.1 Å². The van der Waals surface area contributed by atoms with Crippen LogP contribution in [0.3, 0.4) is 0 Å². The second-order valence-electron chi connectivity index (χ2n) is 6.40. The molecule has 0 aromatic rings. The molecule has 20 heavy (non-hydrogen) atoms. The molecule has 5 aliphatic heterocycles. The molecule has 5 atom stereocenters. The fourth-order valence-electron chi connectivity index (χ4n) is 4.71. The molecule has 5 nitrogen and oxygen atoms in total. The van der Waals surface area contributed by atoms with Crippen LogP contribution in [0.2, 0.25) is 0 Å². The van der Waals surface area contributed by atoms with Crippen LogP contribution in [0.4, 0.5) is 0 Å². The lowest BCUT2D eigenvalue weighted by molar-refractivity contribution is -0.165. The summed E-state index contributed by atoms with van der Waals surface area (Å²) >= 11 is 0. The highest BCUT2D eigenvalue weighted by molar-refractivity contribution is 5.96. The van der Waals surface area contributed by atoms with Crippen molar-refractivity contribution in [1.29, 1.82) is 0 Å². The Morgan fingerprint density at radius 3 is 2.75 bits per heavy atom. The standard InChI is InChI=1S/C15H18N2O3/c1-16-10-4-8-15(13(16)20)11(18)5-7-14(15)6-3-9(10)12(19)17(14)2/h3-4,6,8-11,18H,5,7H2,1-2H3/t9-,10-,11-,14-,15+/m0/s1. The van der Waals surface area contributed by atoms with Crippen LogP contribution in [0.15, 0.2) is 24.3 Å². The maximum atomic E-state index is 13.0. The number of hydrogen-bond donors (Lipinski definition) is 1. The molecule has 5 heteroatoms. The van der Waals surface area contributed by atoms with E-state index in [1.54, 1.807) is 23.9 Å². The van der Waals surface area contributed by atoms with Crippen LogP contribution in [0.1, 0.15) is 12.8 Å². The topological polar surface area (TPSA) is 60.9 Å². The molecule has 4 bridgehead atoms. The molecule has 1 saturated carbocycles. The lowest BCUT2D eigenvalue weighted by atomic mass is 9.61. The van der Waals surface area contributed by atoms with Crippen LogP contribution in [-0.2, 0) is 9.59 Å². The smallest absolute Gasteiger partial charge is 0.238 e. The zero-order chi connectivity index (χ0) is 14.3. The number of nitrogens with zero attached hydrogens (tertiary/aromatic N) is 2. The Morgan fingerprint density at radius 1 is 1.25 bits per heavy atom. The number of amides is 2. The van der Waals surface area contributed by atoms with Gasteiger partial charge in [-0.05, 0) is 12.8 Å². The van der Waals surface area contributed by atoms with Gasteiger partial charge in [0.1, 0.15) is 5.41 Å². The third kappa shape index (κ3) is 0.965. The highest BCUT2D eigenvalue weighted by Crippen LogP contribution is 2.58. The minimum absolute atomic E-state index is 0.0414. The molecule has 2 aliphatic carbocycles. The molecular weight excluding hydrogens is 256 g/mol. The van der Waals surface area contributed by atoms with Crippen LogP contribution in [0.5, 0.6) is 0 Å². The Balaban J connectivity index is 2.08. The van der Waals surface area contributed by atoms with E-state index < -0.39 is 17.1 Å². The molecule has 0 aromatic heterocycles. The van der Waals surface area contributed by atoms with E-state index >= 15 is 0 Å². The summed E-state index contributed by atoms with van der Waals surface area (Å²) in [5.41, 5.74) is -1.74. The van der Waals surface area contributed by atoms with Crippen LogP contribution in [0, 0.1) is 11.3 Å². The maximum absolute atomic E-state index is 13.0. The average Bonchev–Trinajstić information content (AvgIpc) is 2.67. The maximum Gasteiger partial charge on any atom is 0.238 e. The number of rotatable bonds is 0. The second-order valence-corrected chi connectivity index (χ2v) is 6.40. The summed E-state index contributed by atoms with van der Waals surface area (Å²) in [6, 6.07) is -0.245. The molecule has 1 saturated heterocycles. The minimum Gasteiger partial charge on any atom is -0.392 e. The largest absolute Gasteiger partial charge is 0.392 e. The summed E-state index contributed by atoms with van der Waals surface area (Å²) < 4.78 is 0. The molecule has 106 valence electrons. The van der Waals surface area contributed by atoms with Gasteiger partial charge >= 0.3 is 0 Å². The first kappa shape index (κ1) is 12.1. The zero-order valence-electron chi connectivity index (χ0n) is 11.6. The fraction of sp³-hybridized carbons (Fsp3) is 0.600. The van der Waals surface area contributed by atoms with Crippen LogP contribution in [0.25, 0.3) is 0 Å². The molecule has 0 unspecified atom stereocenters. The summed E-state index contributed by atoms with van der Waals surface area (Å²) in [5, 5.41) is 10.6. The van der Waals surface area contributed by atoms with E-state index in [9.17, 15) is 14.7 Å². The number of aliphatic hydroxyl groups is 1. The Bertz CT molecular complexity index is 584. The third-order valence-corrected chi connectivity index (χ3v) is 5.88. The van der Waals surface area contributed by atoms with E-state index in [0.717, 1.165) is 0 Å². The fourth-order valence-corrected chi connectivity index (χ4v) is 4.71. The van der Waals surface area contributed by atoms with Crippen molar-refractivity contribution in [3.8, 4) is 0 Å². The van der Waals surface area contributed by atoms with Gasteiger partial charge in [-0.1, -0.05) is 24.3 Å². The van der Waals surface area contributed by atoms with E-state index in [2.05, 4.69) is 0 Å². The Labute approximate surface area is 117 Å². The Hall–Kier alpha value is -1.62. The van der Waals surface area contributed by atoms with E-state index in [1.165, 1.54) is 0 Å². The minimum atomic E-state index is -1.02. The second kappa shape index (κ2) is 3.34. The molecule has 7 aliphatic rings. The van der Waals surface area contributed by atoms with Gasteiger partial charge in [0, 0.05) is 14.1 Å². The predicted molar refractivity (Wildman–Crippen MR) is 71.5 cm³/mol. The van der Waals surface area contributed by atoms with Crippen molar-refractivity contribution in [3.63, 3.8) is 0 Å². The molecule has 1 N–H and O–H groups in total. The quantitative estimate of drug-likeness (QED) is 0.629. The molecular formula is C15H18N2O3. The highest BCUT2D eigenvalue weighted by atomic mass is 16.3. The lowest BCUT2D eigenvalue weighted by Crippen LogP contribution is -2.72. The molecule has 2 spiro atoms. The monoisotopic (exact) mass is 274 g/mol. The molecule has 0 aromatic carbocycles. The van der Waals surface area contributed by atoms with E-state index in [4.69, 9.17) is 0 Å². The van der Waals surface area contributed by atoms with E-state index in [1.807, 2.05) is 24.3 Å². The van der Waals surface area contributed by atoms with E-state index in [-0.39, 0.29) is 23.8 Å². The van der Waals surface area contributed by atoms with Crippen LogP contribution >= 0.6 is 0 Å². The summed E-state index contributed by atoms with van der Waals surface area (Å²) in [6.07, 6.45) is 8.14. The lowest BCUT2D eigenvalue weighted by Gasteiger charge is -2.57. The molecule has 5 heterocycles. The average molecular weight is 274 g/mol. The SMILES string of the molecule is CN1C(=O)[C@]23C=C[C@H]1[C@@H]1C=C[C@@]2(CC[C@@H]3O)N(C)C1=O. The van der Waals surface area contributed by atoms with Crippen molar-refractivity contribution >= 4 is 11.8 Å². The van der Waals surface area contributed by atoms with Gasteiger partial charge in [-0.15, -0.1) is 0 Å². The molecule has 0 radical (unpaired) electrons. The first-order valence-corrected chi connectivity index (χ1v) is 7.07. The van der Waals surface area contributed by atoms with Gasteiger partial charge in [0.05, 0.1) is 23.6 Å². The van der Waals surface area contributed by atoms with Crippen molar-refractivity contribution < 1.29 is 14.7 Å². The van der Waals surface area contributed by atoms with Crippen molar-refractivity contribution in [2.45, 2.75) is 30.5 Å². The Morgan fingerprint density at radius 2 is 2.00 bits per heavy atom. The predicted octanol–water partition coefficient (Wildman–Crippen LogP) is -0.0789. The molecule has 7 rings (SSSR count). The summed E-state index contributed by atoms with van der Waals surface area (Å²) in [6.45, 7) is 0. The summed E-state index contributed by atoms with van der Waals surface area (Å²) in [4.78, 5) is 29.0. The van der Waals surface area contributed by atoms with Crippen molar-refractivity contribution in [2.24, 2.45) is 11.3 Å². The van der Waals surface area contributed by atoms with Gasteiger partial charge in [0.25, 0.3) is 0 Å². The van der Waals surface area contributed by atoms with E-state index in [0.29, 0.717) is 12.8 Å². The van der Waals surface area contributed by atoms with Gasteiger partial charge in [-0.25, -0.2) is 0 Å². The van der Waals surface area contributed by atoms with Gasteiger partial charge < -0.3 is 14.9 Å². The number of carbonyl (C=O) groups excluding carboxylic acids is 2. The molecule has 2 amide bonds.